The monoisotopic (exact) mass is 303 g/mol. The van der Waals surface area contributed by atoms with E-state index in [1.807, 2.05) is 0 Å². The van der Waals surface area contributed by atoms with E-state index in [4.69, 9.17) is 5.11 Å². The molecule has 0 spiro atoms. The Hall–Kier alpha value is -0.940. The summed E-state index contributed by atoms with van der Waals surface area (Å²) in [6.07, 6.45) is 2.35. The molecule has 1 rings (SSSR count). The Morgan fingerprint density at radius 1 is 1.35 bits per heavy atom. The lowest BCUT2D eigenvalue weighted by Gasteiger charge is -2.06. The molecule has 1 amide bonds. The Morgan fingerprint density at radius 3 is 2.82 bits per heavy atom. The minimum atomic E-state index is -0.541. The molecule has 0 aliphatic heterocycles. The van der Waals surface area contributed by atoms with E-state index in [0.29, 0.717) is 6.54 Å². The van der Waals surface area contributed by atoms with Gasteiger partial charge < -0.3 is 10.4 Å². The summed E-state index contributed by atoms with van der Waals surface area (Å²) in [5.74, 6) is -0.951. The van der Waals surface area contributed by atoms with E-state index in [9.17, 15) is 9.18 Å². The molecule has 1 aromatic rings. The third-order valence-electron chi connectivity index (χ3n) is 2.32. The molecular weight excluding hydrogens is 289 g/mol. The van der Waals surface area contributed by atoms with Crippen LogP contribution in [0.5, 0.6) is 0 Å². The molecule has 1 aromatic carbocycles. The van der Waals surface area contributed by atoms with Crippen LogP contribution in [-0.4, -0.2) is 24.2 Å². The minimum Gasteiger partial charge on any atom is -0.396 e. The van der Waals surface area contributed by atoms with Crippen molar-refractivity contribution in [2.75, 3.05) is 13.2 Å². The number of nitrogens with one attached hydrogen (secondary N) is 1. The van der Waals surface area contributed by atoms with Crippen LogP contribution in [-0.2, 0) is 0 Å². The van der Waals surface area contributed by atoms with Crippen molar-refractivity contribution in [3.63, 3.8) is 0 Å². The zero-order valence-corrected chi connectivity index (χ0v) is 11.0. The highest BCUT2D eigenvalue weighted by Crippen LogP contribution is 2.18. The molecule has 0 saturated heterocycles. The molecule has 0 saturated carbocycles. The van der Waals surface area contributed by atoms with Crippen LogP contribution in [0, 0.1) is 5.82 Å². The van der Waals surface area contributed by atoms with Crippen molar-refractivity contribution in [3.8, 4) is 0 Å². The molecule has 0 aliphatic carbocycles. The van der Waals surface area contributed by atoms with Crippen molar-refractivity contribution in [1.29, 1.82) is 0 Å². The fourth-order valence-electron chi connectivity index (χ4n) is 1.39. The van der Waals surface area contributed by atoms with Gasteiger partial charge in [-0.05, 0) is 47.3 Å². The number of carbonyl (C=O) groups is 1. The average Bonchev–Trinajstić information content (AvgIpc) is 2.32. The molecule has 0 atom stereocenters. The van der Waals surface area contributed by atoms with E-state index in [2.05, 4.69) is 21.2 Å². The van der Waals surface area contributed by atoms with Crippen LogP contribution >= 0.6 is 15.9 Å². The number of hydrogen-bond acceptors (Lipinski definition) is 2. The van der Waals surface area contributed by atoms with Gasteiger partial charge in [-0.15, -0.1) is 0 Å². The van der Waals surface area contributed by atoms with Gasteiger partial charge in [0.05, 0.1) is 10.0 Å². The van der Waals surface area contributed by atoms with Crippen LogP contribution in [0.4, 0.5) is 4.39 Å². The number of carbonyl (C=O) groups excluding carboxylic acids is 1. The van der Waals surface area contributed by atoms with Gasteiger partial charge >= 0.3 is 0 Å². The highest BCUT2D eigenvalue weighted by molar-refractivity contribution is 9.10. The first-order valence-corrected chi connectivity index (χ1v) is 6.29. The summed E-state index contributed by atoms with van der Waals surface area (Å²) in [4.78, 5) is 11.6. The summed E-state index contributed by atoms with van der Waals surface area (Å²) >= 11 is 3.03. The topological polar surface area (TPSA) is 49.3 Å². The zero-order chi connectivity index (χ0) is 12.7. The van der Waals surface area contributed by atoms with Gasteiger partial charge in [-0.2, -0.15) is 0 Å². The highest BCUT2D eigenvalue weighted by Gasteiger charge is 2.12. The van der Waals surface area contributed by atoms with E-state index < -0.39 is 11.7 Å². The third kappa shape index (κ3) is 4.44. The fourth-order valence-corrected chi connectivity index (χ4v) is 1.76. The number of rotatable bonds is 6. The number of aliphatic hydroxyl groups is 1. The summed E-state index contributed by atoms with van der Waals surface area (Å²) in [5.41, 5.74) is 0.0431. The fraction of sp³-hybridized carbons (Fsp3) is 0.417. The highest BCUT2D eigenvalue weighted by atomic mass is 79.9. The molecule has 17 heavy (non-hydrogen) atoms. The van der Waals surface area contributed by atoms with Crippen LogP contribution in [0.1, 0.15) is 29.6 Å². The molecule has 5 heteroatoms. The maximum absolute atomic E-state index is 13.5. The van der Waals surface area contributed by atoms with Gasteiger partial charge in [0.15, 0.2) is 0 Å². The van der Waals surface area contributed by atoms with Crippen LogP contribution in [0.25, 0.3) is 0 Å². The third-order valence-corrected chi connectivity index (χ3v) is 2.93. The summed E-state index contributed by atoms with van der Waals surface area (Å²) in [7, 11) is 0. The van der Waals surface area contributed by atoms with Gasteiger partial charge in [0, 0.05) is 13.2 Å². The molecule has 0 radical (unpaired) electrons. The molecule has 0 aromatic heterocycles. The molecule has 3 nitrogen and oxygen atoms in total. The van der Waals surface area contributed by atoms with Crippen LogP contribution in [0.2, 0.25) is 0 Å². The Bertz CT molecular complexity index is 385. The normalized spacial score (nSPS) is 10.3. The van der Waals surface area contributed by atoms with Crippen molar-refractivity contribution in [3.05, 3.63) is 34.1 Å². The second-order valence-corrected chi connectivity index (χ2v) is 4.50. The predicted molar refractivity (Wildman–Crippen MR) is 67.4 cm³/mol. The largest absolute Gasteiger partial charge is 0.396 e. The summed E-state index contributed by atoms with van der Waals surface area (Å²) in [6, 6.07) is 4.62. The van der Waals surface area contributed by atoms with Crippen LogP contribution < -0.4 is 5.32 Å². The van der Waals surface area contributed by atoms with Crippen molar-refractivity contribution in [2.24, 2.45) is 0 Å². The second kappa shape index (κ2) is 7.40. The molecule has 0 fully saturated rings. The lowest BCUT2D eigenvalue weighted by atomic mass is 10.2. The molecular formula is C12H15BrFNO2. The predicted octanol–water partition coefficient (Wildman–Crippen LogP) is 2.48. The van der Waals surface area contributed by atoms with E-state index in [1.54, 1.807) is 12.1 Å². The first kappa shape index (κ1) is 14.1. The van der Waals surface area contributed by atoms with Crippen molar-refractivity contribution in [2.45, 2.75) is 19.3 Å². The Balaban J connectivity index is 2.44. The van der Waals surface area contributed by atoms with Gasteiger partial charge in [0.1, 0.15) is 5.82 Å². The number of aliphatic hydroxyl groups excluding tert-OH is 1. The van der Waals surface area contributed by atoms with Gasteiger partial charge in [0.25, 0.3) is 5.91 Å². The number of unbranched alkanes of at least 4 members (excludes halogenated alkanes) is 2. The molecule has 0 bridgehead atoms. The van der Waals surface area contributed by atoms with Crippen LogP contribution in [0.3, 0.4) is 0 Å². The average molecular weight is 304 g/mol. The molecule has 0 unspecified atom stereocenters. The van der Waals surface area contributed by atoms with E-state index in [0.717, 1.165) is 19.3 Å². The Morgan fingerprint density at radius 2 is 2.12 bits per heavy atom. The SMILES string of the molecule is O=C(NCCCCCO)c1cccc(Br)c1F. The van der Waals surface area contributed by atoms with Gasteiger partial charge in [-0.3, -0.25) is 4.79 Å². The number of hydrogen-bond donors (Lipinski definition) is 2. The van der Waals surface area contributed by atoms with Gasteiger partial charge in [-0.1, -0.05) is 6.07 Å². The smallest absolute Gasteiger partial charge is 0.254 e. The molecule has 0 aliphatic rings. The van der Waals surface area contributed by atoms with Crippen molar-refractivity contribution >= 4 is 21.8 Å². The van der Waals surface area contributed by atoms with Gasteiger partial charge in [0.2, 0.25) is 0 Å². The Kier molecular flexibility index (Phi) is 6.15. The maximum Gasteiger partial charge on any atom is 0.254 e. The molecule has 0 heterocycles. The first-order valence-electron chi connectivity index (χ1n) is 5.50. The van der Waals surface area contributed by atoms with E-state index in [-0.39, 0.29) is 16.6 Å². The van der Waals surface area contributed by atoms with Gasteiger partial charge in [-0.25, -0.2) is 4.39 Å². The maximum atomic E-state index is 13.5. The summed E-state index contributed by atoms with van der Waals surface area (Å²) in [5, 5.41) is 11.2. The second-order valence-electron chi connectivity index (χ2n) is 3.64. The minimum absolute atomic E-state index is 0.0431. The van der Waals surface area contributed by atoms with E-state index >= 15 is 0 Å². The zero-order valence-electron chi connectivity index (χ0n) is 9.38. The van der Waals surface area contributed by atoms with E-state index in [1.165, 1.54) is 6.07 Å². The van der Waals surface area contributed by atoms with Crippen LogP contribution in [0.15, 0.2) is 22.7 Å². The number of halogens is 2. The Labute approximate surface area is 108 Å². The molecule has 94 valence electrons. The first-order chi connectivity index (χ1) is 8.16. The number of amides is 1. The lowest BCUT2D eigenvalue weighted by molar-refractivity contribution is 0.0948. The number of benzene rings is 1. The quantitative estimate of drug-likeness (QED) is 0.793. The summed E-state index contributed by atoms with van der Waals surface area (Å²) < 4.78 is 13.8. The van der Waals surface area contributed by atoms with Crippen molar-refractivity contribution < 1.29 is 14.3 Å². The molecule has 2 N–H and O–H groups in total. The van der Waals surface area contributed by atoms with Crippen molar-refractivity contribution in [1.82, 2.24) is 5.32 Å². The standard InChI is InChI=1S/C12H15BrFNO2/c13-10-6-4-5-9(11(10)14)12(17)15-7-2-1-3-8-16/h4-6,16H,1-3,7-8H2,(H,15,17). The lowest BCUT2D eigenvalue weighted by Crippen LogP contribution is -2.25. The summed E-state index contributed by atoms with van der Waals surface area (Å²) in [6.45, 7) is 0.652.